The first-order chi connectivity index (χ1) is 13.2. The first kappa shape index (κ1) is 18.6. The van der Waals surface area contributed by atoms with Crippen molar-refractivity contribution in [2.75, 3.05) is 0 Å². The van der Waals surface area contributed by atoms with E-state index in [9.17, 15) is 18.7 Å². The SMILES string of the molecule is Cc1noc(C)c1-c1cnc2c(C(=O)O)cn(CC3CCC(F)(F)CC3)c2c1. The summed E-state index contributed by atoms with van der Waals surface area (Å²) in [7, 11) is 0. The van der Waals surface area contributed by atoms with Crippen LogP contribution in [0.2, 0.25) is 0 Å². The number of aryl methyl sites for hydroxylation is 2. The van der Waals surface area contributed by atoms with E-state index in [0.717, 1.165) is 16.8 Å². The van der Waals surface area contributed by atoms with Crippen LogP contribution in [0.1, 0.15) is 47.5 Å². The van der Waals surface area contributed by atoms with Gasteiger partial charge in [0.25, 0.3) is 0 Å². The van der Waals surface area contributed by atoms with Crippen molar-refractivity contribution < 1.29 is 23.2 Å². The van der Waals surface area contributed by atoms with E-state index in [1.54, 1.807) is 12.4 Å². The molecule has 0 aromatic carbocycles. The van der Waals surface area contributed by atoms with Crippen LogP contribution < -0.4 is 0 Å². The average Bonchev–Trinajstić information content (AvgIpc) is 3.16. The van der Waals surface area contributed by atoms with Crippen LogP contribution >= 0.6 is 0 Å². The summed E-state index contributed by atoms with van der Waals surface area (Å²) in [5, 5.41) is 13.5. The van der Waals surface area contributed by atoms with Crippen LogP contribution in [0, 0.1) is 19.8 Å². The molecule has 28 heavy (non-hydrogen) atoms. The third kappa shape index (κ3) is 3.27. The molecule has 0 aliphatic heterocycles. The lowest BCUT2D eigenvalue weighted by Crippen LogP contribution is -2.26. The number of carboxylic acid groups (broad SMARTS) is 1. The second kappa shape index (κ2) is 6.68. The number of hydrogen-bond acceptors (Lipinski definition) is 4. The number of fused-ring (bicyclic) bond motifs is 1. The molecule has 8 heteroatoms. The van der Waals surface area contributed by atoms with Crippen molar-refractivity contribution in [3.63, 3.8) is 0 Å². The van der Waals surface area contributed by atoms with E-state index >= 15 is 0 Å². The van der Waals surface area contributed by atoms with Crippen LogP contribution in [-0.4, -0.2) is 31.7 Å². The van der Waals surface area contributed by atoms with Crippen molar-refractivity contribution in [2.45, 2.75) is 52.0 Å². The molecule has 1 aliphatic rings. The van der Waals surface area contributed by atoms with Crippen molar-refractivity contribution in [3.05, 3.63) is 35.5 Å². The fourth-order valence-corrected chi connectivity index (χ4v) is 4.07. The first-order valence-electron chi connectivity index (χ1n) is 9.28. The molecule has 1 aliphatic carbocycles. The highest BCUT2D eigenvalue weighted by molar-refractivity contribution is 6.02. The maximum Gasteiger partial charge on any atom is 0.339 e. The molecule has 148 valence electrons. The molecule has 0 atom stereocenters. The summed E-state index contributed by atoms with van der Waals surface area (Å²) >= 11 is 0. The van der Waals surface area contributed by atoms with E-state index in [1.807, 2.05) is 24.5 Å². The number of aromatic carboxylic acids is 1. The molecule has 0 spiro atoms. The summed E-state index contributed by atoms with van der Waals surface area (Å²) in [5.74, 6) is -2.90. The minimum atomic E-state index is -2.58. The Kier molecular flexibility index (Phi) is 4.44. The zero-order valence-electron chi connectivity index (χ0n) is 15.7. The zero-order chi connectivity index (χ0) is 20.1. The molecule has 1 N–H and O–H groups in total. The van der Waals surface area contributed by atoms with Gasteiger partial charge in [-0.25, -0.2) is 13.6 Å². The average molecular weight is 389 g/mol. The quantitative estimate of drug-likeness (QED) is 0.691. The van der Waals surface area contributed by atoms with Crippen molar-refractivity contribution in [3.8, 4) is 11.1 Å². The summed E-state index contributed by atoms with van der Waals surface area (Å²) in [5.41, 5.74) is 3.52. The van der Waals surface area contributed by atoms with Gasteiger partial charge >= 0.3 is 5.97 Å². The fourth-order valence-electron chi connectivity index (χ4n) is 4.07. The molecule has 0 amide bonds. The Morgan fingerprint density at radius 3 is 2.68 bits per heavy atom. The molecular formula is C20H21F2N3O3. The normalized spacial score (nSPS) is 17.3. The van der Waals surface area contributed by atoms with Gasteiger partial charge in [0.2, 0.25) is 5.92 Å². The molecular weight excluding hydrogens is 368 g/mol. The second-order valence-corrected chi connectivity index (χ2v) is 7.59. The number of carboxylic acids is 1. The van der Waals surface area contributed by atoms with Gasteiger partial charge in [0, 0.05) is 42.9 Å². The van der Waals surface area contributed by atoms with Crippen molar-refractivity contribution in [1.29, 1.82) is 0 Å². The highest BCUT2D eigenvalue weighted by Crippen LogP contribution is 2.37. The maximum absolute atomic E-state index is 13.5. The highest BCUT2D eigenvalue weighted by Gasteiger charge is 2.35. The molecule has 0 saturated heterocycles. The van der Waals surface area contributed by atoms with E-state index in [2.05, 4.69) is 10.1 Å². The zero-order valence-corrected chi connectivity index (χ0v) is 15.7. The number of halogens is 2. The molecule has 1 fully saturated rings. The third-order valence-corrected chi connectivity index (χ3v) is 5.56. The Hall–Kier alpha value is -2.77. The van der Waals surface area contributed by atoms with Crippen molar-refractivity contribution in [1.82, 2.24) is 14.7 Å². The molecule has 0 bridgehead atoms. The summed E-state index contributed by atoms with van der Waals surface area (Å²) in [6.45, 7) is 4.13. The maximum atomic E-state index is 13.5. The Bertz CT molecular complexity index is 1030. The number of rotatable bonds is 4. The Morgan fingerprint density at radius 1 is 1.36 bits per heavy atom. The van der Waals surface area contributed by atoms with Gasteiger partial charge < -0.3 is 14.2 Å². The predicted molar refractivity (Wildman–Crippen MR) is 98.6 cm³/mol. The molecule has 3 aromatic rings. The smallest absolute Gasteiger partial charge is 0.339 e. The summed E-state index contributed by atoms with van der Waals surface area (Å²) in [6.07, 6.45) is 3.78. The fraction of sp³-hybridized carbons (Fsp3) is 0.450. The largest absolute Gasteiger partial charge is 0.478 e. The minimum Gasteiger partial charge on any atom is -0.478 e. The van der Waals surface area contributed by atoms with Crippen molar-refractivity contribution in [2.24, 2.45) is 5.92 Å². The number of pyridine rings is 1. The Morgan fingerprint density at radius 2 is 2.07 bits per heavy atom. The first-order valence-corrected chi connectivity index (χ1v) is 9.28. The third-order valence-electron chi connectivity index (χ3n) is 5.56. The van der Waals surface area contributed by atoms with E-state index < -0.39 is 11.9 Å². The van der Waals surface area contributed by atoms with Crippen LogP contribution in [0.3, 0.4) is 0 Å². The van der Waals surface area contributed by atoms with Crippen molar-refractivity contribution >= 4 is 17.0 Å². The van der Waals surface area contributed by atoms with E-state index in [4.69, 9.17) is 4.52 Å². The number of carbonyl (C=O) groups is 1. The molecule has 3 heterocycles. The van der Waals surface area contributed by atoms with Gasteiger partial charge in [-0.15, -0.1) is 0 Å². The number of aromatic nitrogens is 3. The molecule has 3 aromatic heterocycles. The molecule has 6 nitrogen and oxygen atoms in total. The molecule has 1 saturated carbocycles. The summed E-state index contributed by atoms with van der Waals surface area (Å²) in [6, 6.07) is 1.87. The number of hydrogen-bond donors (Lipinski definition) is 1. The predicted octanol–water partition coefficient (Wildman–Crippen LogP) is 4.83. The second-order valence-electron chi connectivity index (χ2n) is 7.59. The van der Waals surface area contributed by atoms with Gasteiger partial charge in [0.1, 0.15) is 16.8 Å². The van der Waals surface area contributed by atoms with E-state index in [-0.39, 0.29) is 24.3 Å². The van der Waals surface area contributed by atoms with E-state index in [0.29, 0.717) is 36.2 Å². The van der Waals surface area contributed by atoms with Gasteiger partial charge in [-0.2, -0.15) is 0 Å². The lowest BCUT2D eigenvalue weighted by Gasteiger charge is -2.28. The van der Waals surface area contributed by atoms with Crippen LogP contribution in [0.4, 0.5) is 8.78 Å². The van der Waals surface area contributed by atoms with E-state index in [1.165, 1.54) is 0 Å². The molecule has 4 rings (SSSR count). The lowest BCUT2D eigenvalue weighted by atomic mass is 9.87. The van der Waals surface area contributed by atoms with Gasteiger partial charge in [0.15, 0.2) is 0 Å². The highest BCUT2D eigenvalue weighted by atomic mass is 19.3. The van der Waals surface area contributed by atoms with Crippen LogP contribution in [-0.2, 0) is 6.54 Å². The topological polar surface area (TPSA) is 81.2 Å². The van der Waals surface area contributed by atoms with Crippen LogP contribution in [0.5, 0.6) is 0 Å². The Labute approximate surface area is 160 Å². The van der Waals surface area contributed by atoms with Crippen LogP contribution in [0.15, 0.2) is 23.0 Å². The van der Waals surface area contributed by atoms with Gasteiger partial charge in [-0.1, -0.05) is 5.16 Å². The molecule has 0 radical (unpaired) electrons. The minimum absolute atomic E-state index is 0.0830. The Balaban J connectivity index is 1.75. The number of alkyl halides is 2. The molecule has 0 unspecified atom stereocenters. The van der Waals surface area contributed by atoms with Gasteiger partial charge in [-0.05, 0) is 38.7 Å². The summed E-state index contributed by atoms with van der Waals surface area (Å²) < 4.78 is 34.0. The summed E-state index contributed by atoms with van der Waals surface area (Å²) in [4.78, 5) is 16.0. The lowest BCUT2D eigenvalue weighted by molar-refractivity contribution is -0.0472. The standard InChI is InChI=1S/C20H21F2N3O3/c1-11-17(12(2)28-24-11)14-7-16-18(23-8-14)15(19(26)27)10-25(16)9-13-3-5-20(21,22)6-4-13/h7-8,10,13H,3-6,9H2,1-2H3,(H,26,27). The van der Waals surface area contributed by atoms with Crippen LogP contribution in [0.25, 0.3) is 22.2 Å². The van der Waals surface area contributed by atoms with Gasteiger partial charge in [-0.3, -0.25) is 4.98 Å². The number of nitrogens with zero attached hydrogens (tertiary/aromatic N) is 3. The monoisotopic (exact) mass is 389 g/mol. The van der Waals surface area contributed by atoms with Gasteiger partial charge in [0.05, 0.1) is 11.2 Å².